The molecule has 0 atom stereocenters. The molecule has 2 nitrogen and oxygen atoms in total. The highest BCUT2D eigenvalue weighted by Gasteiger charge is 2.20. The Hall–Kier alpha value is -3.56. The molecule has 0 N–H and O–H groups in total. The molecule has 7 aromatic rings. The predicted octanol–water partition coefficient (Wildman–Crippen LogP) is 7.40. The highest BCUT2D eigenvalue weighted by molar-refractivity contribution is 7.26. The van der Waals surface area contributed by atoms with Gasteiger partial charge in [-0.2, -0.15) is 0 Å². The standard InChI is InChI=1S/C26H16N2S/c1-2-9-17(10-3-1)27-20-13-6-7-14-21(20)28-19-12-5-4-11-18(19)26-25(28)24-22(27)15-8-16-23(24)29-26/h1-16H. The number of fused-ring (bicyclic) bond motifs is 5. The van der Waals surface area contributed by atoms with Crippen LogP contribution in [0.2, 0.25) is 0 Å². The van der Waals surface area contributed by atoms with Gasteiger partial charge in [-0.3, -0.25) is 0 Å². The van der Waals surface area contributed by atoms with Gasteiger partial charge >= 0.3 is 0 Å². The largest absolute Gasteiger partial charge is 0.308 e. The maximum absolute atomic E-state index is 2.46. The predicted molar refractivity (Wildman–Crippen MR) is 125 cm³/mol. The highest BCUT2D eigenvalue weighted by atomic mass is 32.1. The van der Waals surface area contributed by atoms with Crippen molar-refractivity contribution in [3.8, 4) is 5.69 Å². The van der Waals surface area contributed by atoms with Gasteiger partial charge in [-0.15, -0.1) is 11.3 Å². The lowest BCUT2D eigenvalue weighted by atomic mass is 10.2. The van der Waals surface area contributed by atoms with E-state index in [0.717, 1.165) is 0 Å². The van der Waals surface area contributed by atoms with E-state index in [1.54, 1.807) is 0 Å². The van der Waals surface area contributed by atoms with E-state index in [2.05, 4.69) is 106 Å². The van der Waals surface area contributed by atoms with Crippen molar-refractivity contribution in [1.82, 2.24) is 8.97 Å². The summed E-state index contributed by atoms with van der Waals surface area (Å²) in [5.41, 5.74) is 7.45. The van der Waals surface area contributed by atoms with Crippen molar-refractivity contribution in [1.29, 1.82) is 0 Å². The monoisotopic (exact) mass is 388 g/mol. The summed E-state index contributed by atoms with van der Waals surface area (Å²) in [5, 5.41) is 2.67. The summed E-state index contributed by atoms with van der Waals surface area (Å²) >= 11 is 1.90. The van der Waals surface area contributed by atoms with Crippen LogP contribution in [0.4, 0.5) is 0 Å². The normalized spacial score (nSPS) is 12.1. The highest BCUT2D eigenvalue weighted by Crippen LogP contribution is 2.44. The Kier molecular flexibility index (Phi) is 2.91. The van der Waals surface area contributed by atoms with Gasteiger partial charge in [0.2, 0.25) is 0 Å². The molecule has 0 fully saturated rings. The van der Waals surface area contributed by atoms with Crippen molar-refractivity contribution in [2.75, 3.05) is 0 Å². The average Bonchev–Trinajstić information content (AvgIpc) is 3.26. The zero-order valence-electron chi connectivity index (χ0n) is 15.5. The van der Waals surface area contributed by atoms with Crippen molar-refractivity contribution in [2.24, 2.45) is 0 Å². The summed E-state index contributed by atoms with van der Waals surface area (Å²) in [6, 6.07) is 34.9. The van der Waals surface area contributed by atoms with Gasteiger partial charge in [0.15, 0.2) is 0 Å². The van der Waals surface area contributed by atoms with Crippen LogP contribution in [0.5, 0.6) is 0 Å². The topological polar surface area (TPSA) is 9.34 Å². The molecule has 0 aliphatic carbocycles. The minimum Gasteiger partial charge on any atom is -0.308 e. The lowest BCUT2D eigenvalue weighted by molar-refractivity contribution is 1.17. The van der Waals surface area contributed by atoms with E-state index in [-0.39, 0.29) is 0 Å². The maximum atomic E-state index is 2.46. The van der Waals surface area contributed by atoms with Crippen LogP contribution in [0.1, 0.15) is 0 Å². The van der Waals surface area contributed by atoms with Crippen LogP contribution in [-0.2, 0) is 0 Å². The molecule has 0 unspecified atom stereocenters. The summed E-state index contributed by atoms with van der Waals surface area (Å²) in [7, 11) is 0. The first-order valence-electron chi connectivity index (χ1n) is 9.81. The molecule has 0 spiro atoms. The summed E-state index contributed by atoms with van der Waals surface area (Å²) in [4.78, 5) is 0. The van der Waals surface area contributed by atoms with Crippen LogP contribution in [0, 0.1) is 0 Å². The van der Waals surface area contributed by atoms with Crippen molar-refractivity contribution in [3.63, 3.8) is 0 Å². The van der Waals surface area contributed by atoms with Gasteiger partial charge in [-0.1, -0.05) is 54.6 Å². The summed E-state index contributed by atoms with van der Waals surface area (Å²) < 4.78 is 7.57. The maximum Gasteiger partial charge on any atom is 0.0749 e. The minimum atomic E-state index is 1.18. The molecule has 29 heavy (non-hydrogen) atoms. The van der Waals surface area contributed by atoms with Crippen LogP contribution >= 0.6 is 11.3 Å². The number of aromatic nitrogens is 2. The first kappa shape index (κ1) is 15.4. The first-order chi connectivity index (χ1) is 14.4. The second kappa shape index (κ2) is 5.49. The van der Waals surface area contributed by atoms with Crippen LogP contribution in [0.15, 0.2) is 97.1 Å². The smallest absolute Gasteiger partial charge is 0.0749 e. The quantitative estimate of drug-likeness (QED) is 0.277. The molecule has 0 aliphatic rings. The van der Waals surface area contributed by atoms with Gasteiger partial charge in [-0.05, 0) is 42.5 Å². The Balaban J connectivity index is 1.93. The molecule has 0 aliphatic heterocycles. The molecule has 136 valence electrons. The van der Waals surface area contributed by atoms with Crippen LogP contribution in [0.3, 0.4) is 0 Å². The molecular formula is C26H16N2S. The van der Waals surface area contributed by atoms with E-state index in [0.29, 0.717) is 0 Å². The SMILES string of the molecule is c1ccc(-n2c3cccc4sc5c6ccccc6n(c6ccccc62)c5c43)cc1. The van der Waals surface area contributed by atoms with E-state index in [9.17, 15) is 0 Å². The molecule has 3 heteroatoms. The molecular weight excluding hydrogens is 372 g/mol. The second-order valence-electron chi connectivity index (χ2n) is 7.44. The van der Waals surface area contributed by atoms with Crippen LogP contribution in [-0.4, -0.2) is 8.97 Å². The zero-order chi connectivity index (χ0) is 18.9. The van der Waals surface area contributed by atoms with Gasteiger partial charge in [0.05, 0.1) is 32.3 Å². The lowest BCUT2D eigenvalue weighted by Gasteiger charge is -2.11. The number of nitrogens with zero attached hydrogens (tertiary/aromatic N) is 2. The number of hydrogen-bond acceptors (Lipinski definition) is 1. The van der Waals surface area contributed by atoms with E-state index in [1.807, 2.05) is 11.3 Å². The van der Waals surface area contributed by atoms with Gasteiger partial charge < -0.3 is 8.97 Å². The Morgan fingerprint density at radius 3 is 2.10 bits per heavy atom. The van der Waals surface area contributed by atoms with Crippen LogP contribution in [0.25, 0.3) is 53.4 Å². The summed E-state index contributed by atoms with van der Waals surface area (Å²) in [6.07, 6.45) is 0. The van der Waals surface area contributed by atoms with Crippen molar-refractivity contribution < 1.29 is 0 Å². The van der Waals surface area contributed by atoms with Gasteiger partial charge in [0.25, 0.3) is 0 Å². The van der Waals surface area contributed by atoms with E-state index < -0.39 is 0 Å². The Bertz CT molecular complexity index is 1700. The summed E-state index contributed by atoms with van der Waals surface area (Å²) in [5.74, 6) is 0. The third-order valence-electron chi connectivity index (χ3n) is 5.90. The molecule has 0 saturated heterocycles. The molecule has 0 amide bonds. The molecule has 0 bridgehead atoms. The Morgan fingerprint density at radius 1 is 0.552 bits per heavy atom. The first-order valence-corrected chi connectivity index (χ1v) is 10.6. The fourth-order valence-electron chi connectivity index (χ4n) is 4.76. The fraction of sp³-hybridized carbons (Fsp3) is 0. The Morgan fingerprint density at radius 2 is 1.24 bits per heavy atom. The fourth-order valence-corrected chi connectivity index (χ4v) is 6.00. The molecule has 0 saturated carbocycles. The Labute approximate surface area is 170 Å². The van der Waals surface area contributed by atoms with Crippen molar-refractivity contribution in [2.45, 2.75) is 0 Å². The minimum absolute atomic E-state index is 1.18. The number of hydrogen-bond donors (Lipinski definition) is 0. The van der Waals surface area contributed by atoms with E-state index in [1.165, 1.54) is 53.4 Å². The number of para-hydroxylation sites is 4. The third-order valence-corrected chi connectivity index (χ3v) is 7.08. The summed E-state index contributed by atoms with van der Waals surface area (Å²) in [6.45, 7) is 0. The number of benzene rings is 4. The number of thiophene rings is 1. The van der Waals surface area contributed by atoms with E-state index in [4.69, 9.17) is 0 Å². The van der Waals surface area contributed by atoms with Gasteiger partial charge in [0.1, 0.15) is 0 Å². The molecule has 3 aromatic heterocycles. The molecule has 7 rings (SSSR count). The van der Waals surface area contributed by atoms with E-state index >= 15 is 0 Å². The van der Waals surface area contributed by atoms with Crippen molar-refractivity contribution in [3.05, 3.63) is 97.1 Å². The molecule has 3 heterocycles. The van der Waals surface area contributed by atoms with Gasteiger partial charge in [-0.25, -0.2) is 0 Å². The number of rotatable bonds is 1. The zero-order valence-corrected chi connectivity index (χ0v) is 16.4. The second-order valence-corrected chi connectivity index (χ2v) is 8.49. The lowest BCUT2D eigenvalue weighted by Crippen LogP contribution is -1.96. The average molecular weight is 388 g/mol. The van der Waals surface area contributed by atoms with Gasteiger partial charge in [0, 0.05) is 21.2 Å². The molecule has 0 radical (unpaired) electrons. The van der Waals surface area contributed by atoms with Crippen LogP contribution < -0.4 is 0 Å². The van der Waals surface area contributed by atoms with Crippen molar-refractivity contribution >= 4 is 59.1 Å². The third kappa shape index (κ3) is 1.90. The molecule has 4 aromatic carbocycles.